The molecule has 9 heteroatoms. The van der Waals surface area contributed by atoms with Gasteiger partial charge in [-0.1, -0.05) is 18.2 Å². The highest BCUT2D eigenvalue weighted by molar-refractivity contribution is 5.79. The summed E-state index contributed by atoms with van der Waals surface area (Å²) >= 11 is 0. The van der Waals surface area contributed by atoms with Crippen molar-refractivity contribution in [1.82, 2.24) is 15.6 Å². The van der Waals surface area contributed by atoms with Gasteiger partial charge >= 0.3 is 6.18 Å². The lowest BCUT2D eigenvalue weighted by Gasteiger charge is -2.13. The van der Waals surface area contributed by atoms with Crippen LogP contribution in [0.15, 0.2) is 47.6 Å². The van der Waals surface area contributed by atoms with Crippen LogP contribution in [0.25, 0.3) is 0 Å². The molecule has 1 heterocycles. The first kappa shape index (κ1) is 21.3. The lowest BCUT2D eigenvalue weighted by atomic mass is 10.1. The summed E-state index contributed by atoms with van der Waals surface area (Å²) in [6, 6.07) is 9.92. The number of methoxy groups -OCH3 is 1. The van der Waals surface area contributed by atoms with Gasteiger partial charge in [0.1, 0.15) is 12.4 Å². The highest BCUT2D eigenvalue weighted by Gasteiger charge is 2.30. The van der Waals surface area contributed by atoms with Crippen molar-refractivity contribution in [2.24, 2.45) is 4.99 Å². The lowest BCUT2D eigenvalue weighted by molar-refractivity contribution is -0.137. The molecule has 0 bridgehead atoms. The molecule has 0 aliphatic rings. The molecule has 152 valence electrons. The SMILES string of the molecule is CN=C(NCCOc1ccc(C(F)(F)F)cn1)NCCc1ccccc1OC. The minimum absolute atomic E-state index is 0.133. The van der Waals surface area contributed by atoms with E-state index in [1.54, 1.807) is 14.2 Å². The van der Waals surface area contributed by atoms with Gasteiger partial charge < -0.3 is 20.1 Å². The topological polar surface area (TPSA) is 67.8 Å². The third-order valence-corrected chi connectivity index (χ3v) is 3.81. The molecule has 0 unspecified atom stereocenters. The van der Waals surface area contributed by atoms with Crippen LogP contribution in [0.1, 0.15) is 11.1 Å². The molecule has 2 aromatic rings. The number of halogens is 3. The maximum Gasteiger partial charge on any atom is 0.417 e. The van der Waals surface area contributed by atoms with Crippen LogP contribution in [-0.4, -0.2) is 44.8 Å². The number of para-hydroxylation sites is 1. The molecule has 0 radical (unpaired) electrons. The van der Waals surface area contributed by atoms with Crippen LogP contribution in [-0.2, 0) is 12.6 Å². The number of aliphatic imine (C=N–C) groups is 1. The van der Waals surface area contributed by atoms with Gasteiger partial charge in [-0.15, -0.1) is 0 Å². The highest BCUT2D eigenvalue weighted by atomic mass is 19.4. The third-order valence-electron chi connectivity index (χ3n) is 3.81. The molecule has 0 saturated carbocycles. The Hall–Kier alpha value is -2.97. The van der Waals surface area contributed by atoms with Crippen LogP contribution in [0.4, 0.5) is 13.2 Å². The van der Waals surface area contributed by atoms with E-state index in [-0.39, 0.29) is 12.5 Å². The number of benzene rings is 1. The van der Waals surface area contributed by atoms with Crippen LogP contribution in [0.3, 0.4) is 0 Å². The Balaban J connectivity index is 1.69. The van der Waals surface area contributed by atoms with Gasteiger partial charge in [0, 0.05) is 25.9 Å². The first-order chi connectivity index (χ1) is 13.4. The zero-order chi connectivity index (χ0) is 20.4. The predicted octanol–water partition coefficient (Wildman–Crippen LogP) is 2.90. The second-order valence-corrected chi connectivity index (χ2v) is 5.72. The molecule has 2 rings (SSSR count). The van der Waals surface area contributed by atoms with Crippen molar-refractivity contribution in [3.8, 4) is 11.6 Å². The first-order valence-electron chi connectivity index (χ1n) is 8.66. The Kier molecular flexibility index (Phi) is 7.91. The van der Waals surface area contributed by atoms with Gasteiger partial charge in [-0.3, -0.25) is 4.99 Å². The number of ether oxygens (including phenoxy) is 2. The van der Waals surface area contributed by atoms with Crippen molar-refractivity contribution in [1.29, 1.82) is 0 Å². The number of nitrogens with one attached hydrogen (secondary N) is 2. The molecular weight excluding hydrogens is 373 g/mol. The van der Waals surface area contributed by atoms with E-state index in [1.807, 2.05) is 24.3 Å². The van der Waals surface area contributed by atoms with E-state index < -0.39 is 11.7 Å². The molecule has 0 aliphatic carbocycles. The summed E-state index contributed by atoms with van der Waals surface area (Å²) in [5.41, 5.74) is 0.280. The van der Waals surface area contributed by atoms with Crippen molar-refractivity contribution in [2.45, 2.75) is 12.6 Å². The lowest BCUT2D eigenvalue weighted by Crippen LogP contribution is -2.40. The molecule has 6 nitrogen and oxygen atoms in total. The number of rotatable bonds is 8. The fourth-order valence-electron chi connectivity index (χ4n) is 2.40. The standard InChI is InChI=1S/C19H23F3N4O2/c1-23-18(24-10-9-14-5-3-4-6-16(14)27-2)25-11-12-28-17-8-7-15(13-26-17)19(20,21)22/h3-8,13H,9-12H2,1-2H3,(H2,23,24,25). The average Bonchev–Trinajstić information content (AvgIpc) is 2.69. The number of alkyl halides is 3. The summed E-state index contributed by atoms with van der Waals surface area (Å²) < 4.78 is 48.1. The quantitative estimate of drug-likeness (QED) is 0.408. The van der Waals surface area contributed by atoms with E-state index in [4.69, 9.17) is 9.47 Å². The number of guanidine groups is 1. The van der Waals surface area contributed by atoms with E-state index in [9.17, 15) is 13.2 Å². The fourth-order valence-corrected chi connectivity index (χ4v) is 2.40. The molecule has 0 fully saturated rings. The number of hydrogen-bond acceptors (Lipinski definition) is 4. The summed E-state index contributed by atoms with van der Waals surface area (Å²) in [6.07, 6.45) is -2.90. The molecule has 1 aromatic heterocycles. The molecule has 2 N–H and O–H groups in total. The van der Waals surface area contributed by atoms with Crippen molar-refractivity contribution in [3.05, 3.63) is 53.7 Å². The van der Waals surface area contributed by atoms with E-state index in [0.717, 1.165) is 30.0 Å². The van der Waals surface area contributed by atoms with Gasteiger partial charge in [0.2, 0.25) is 5.88 Å². The van der Waals surface area contributed by atoms with E-state index in [1.165, 1.54) is 6.07 Å². The maximum absolute atomic E-state index is 12.5. The zero-order valence-electron chi connectivity index (χ0n) is 15.7. The predicted molar refractivity (Wildman–Crippen MR) is 101 cm³/mol. The zero-order valence-corrected chi connectivity index (χ0v) is 15.7. The molecule has 0 amide bonds. The largest absolute Gasteiger partial charge is 0.496 e. The van der Waals surface area contributed by atoms with Crippen LogP contribution in [0, 0.1) is 0 Å². The van der Waals surface area contributed by atoms with Crippen molar-refractivity contribution in [2.75, 3.05) is 33.9 Å². The molecular formula is C19H23F3N4O2. The summed E-state index contributed by atoms with van der Waals surface area (Å²) in [7, 11) is 3.29. The third kappa shape index (κ3) is 6.64. The van der Waals surface area contributed by atoms with E-state index in [2.05, 4.69) is 20.6 Å². The summed E-state index contributed by atoms with van der Waals surface area (Å²) in [6.45, 7) is 1.30. The Bertz CT molecular complexity index is 765. The van der Waals surface area contributed by atoms with Gasteiger partial charge in [0.25, 0.3) is 0 Å². The Morgan fingerprint density at radius 2 is 1.86 bits per heavy atom. The normalized spacial score (nSPS) is 11.8. The van der Waals surface area contributed by atoms with E-state index in [0.29, 0.717) is 19.0 Å². The maximum atomic E-state index is 12.5. The van der Waals surface area contributed by atoms with Crippen LogP contribution in [0.5, 0.6) is 11.6 Å². The fraction of sp³-hybridized carbons (Fsp3) is 0.368. The molecule has 0 atom stereocenters. The van der Waals surface area contributed by atoms with Crippen LogP contribution >= 0.6 is 0 Å². The molecule has 0 aliphatic heterocycles. The number of nitrogens with zero attached hydrogens (tertiary/aromatic N) is 2. The summed E-state index contributed by atoms with van der Waals surface area (Å²) in [4.78, 5) is 7.77. The minimum atomic E-state index is -4.41. The van der Waals surface area contributed by atoms with Gasteiger partial charge in [-0.05, 0) is 24.1 Å². The minimum Gasteiger partial charge on any atom is -0.496 e. The molecule has 28 heavy (non-hydrogen) atoms. The van der Waals surface area contributed by atoms with Gasteiger partial charge in [-0.2, -0.15) is 13.2 Å². The monoisotopic (exact) mass is 396 g/mol. The Labute approximate surface area is 161 Å². The van der Waals surface area contributed by atoms with Crippen LogP contribution in [0.2, 0.25) is 0 Å². The van der Waals surface area contributed by atoms with Gasteiger partial charge in [0.15, 0.2) is 5.96 Å². The van der Waals surface area contributed by atoms with Gasteiger partial charge in [0.05, 0.1) is 19.2 Å². The average molecular weight is 396 g/mol. The molecule has 0 saturated heterocycles. The number of hydrogen-bond donors (Lipinski definition) is 2. The van der Waals surface area contributed by atoms with Crippen molar-refractivity contribution < 1.29 is 22.6 Å². The van der Waals surface area contributed by atoms with Crippen LogP contribution < -0.4 is 20.1 Å². The Morgan fingerprint density at radius 1 is 1.11 bits per heavy atom. The van der Waals surface area contributed by atoms with E-state index >= 15 is 0 Å². The molecule has 0 spiro atoms. The summed E-state index contributed by atoms with van der Waals surface area (Å²) in [5.74, 6) is 1.57. The Morgan fingerprint density at radius 3 is 2.50 bits per heavy atom. The highest BCUT2D eigenvalue weighted by Crippen LogP contribution is 2.29. The number of pyridine rings is 1. The smallest absolute Gasteiger partial charge is 0.417 e. The van der Waals surface area contributed by atoms with Gasteiger partial charge in [-0.25, -0.2) is 4.98 Å². The second-order valence-electron chi connectivity index (χ2n) is 5.72. The summed E-state index contributed by atoms with van der Waals surface area (Å²) in [5, 5.41) is 6.24. The molecule has 1 aromatic carbocycles. The van der Waals surface area contributed by atoms with Crippen molar-refractivity contribution >= 4 is 5.96 Å². The first-order valence-corrected chi connectivity index (χ1v) is 8.66. The number of aromatic nitrogens is 1. The second kappa shape index (κ2) is 10.4. The van der Waals surface area contributed by atoms with Crippen molar-refractivity contribution in [3.63, 3.8) is 0 Å².